The van der Waals surface area contributed by atoms with E-state index < -0.39 is 15.8 Å². The molecule has 0 saturated heterocycles. The first-order valence-electron chi connectivity index (χ1n) is 5.74. The van der Waals surface area contributed by atoms with Gasteiger partial charge >= 0.3 is 0 Å². The smallest absolute Gasteiger partial charge is 0.132 e. The zero-order valence-electron chi connectivity index (χ0n) is 10.4. The third-order valence-electron chi connectivity index (χ3n) is 2.66. The fraction of sp³-hybridized carbons (Fsp3) is 0.0769. The highest BCUT2D eigenvalue weighted by atomic mass is 35.5. The van der Waals surface area contributed by atoms with Crippen LogP contribution in [0.2, 0.25) is 5.02 Å². The molecule has 0 fully saturated rings. The molecule has 2 aromatic rings. The van der Waals surface area contributed by atoms with E-state index in [1.807, 2.05) is 0 Å². The lowest BCUT2D eigenvalue weighted by Gasteiger charge is -2.23. The fourth-order valence-electron chi connectivity index (χ4n) is 1.61. The van der Waals surface area contributed by atoms with Crippen LogP contribution in [0.5, 0.6) is 0 Å². The van der Waals surface area contributed by atoms with Gasteiger partial charge < -0.3 is 10.5 Å². The Kier molecular flexibility index (Phi) is 4.27. The maximum atomic E-state index is 13.4. The van der Waals surface area contributed by atoms with Crippen molar-refractivity contribution in [3.8, 4) is 0 Å². The molecule has 0 aliphatic rings. The molecule has 2 rings (SSSR count). The Morgan fingerprint density at radius 1 is 1.20 bits per heavy atom. The lowest BCUT2D eigenvalue weighted by Crippen LogP contribution is -2.47. The van der Waals surface area contributed by atoms with E-state index in [0.29, 0.717) is 0 Å². The van der Waals surface area contributed by atoms with Gasteiger partial charge in [0.05, 0.1) is 4.90 Å². The summed E-state index contributed by atoms with van der Waals surface area (Å²) < 4.78 is 41.4. The van der Waals surface area contributed by atoms with Crippen LogP contribution in [-0.2, 0) is 16.6 Å². The largest absolute Gasteiger partial charge is 0.572 e. The first kappa shape index (κ1) is 14.8. The maximum Gasteiger partial charge on any atom is 0.132 e. The Morgan fingerprint density at radius 2 is 1.90 bits per heavy atom. The summed E-state index contributed by atoms with van der Waals surface area (Å²) in [4.78, 5) is -0.0857. The molecule has 106 valence electrons. The first-order chi connectivity index (χ1) is 9.44. The molecule has 0 heterocycles. The van der Waals surface area contributed by atoms with E-state index in [1.165, 1.54) is 18.2 Å². The van der Waals surface area contributed by atoms with Crippen LogP contribution in [0, 0.1) is 5.82 Å². The SMILES string of the molecule is [NH3+]Cc1cc(S(=O)(=O)[N-]c2ccccc2Cl)ccc1F. The summed E-state index contributed by atoms with van der Waals surface area (Å²) in [5.41, 5.74) is 3.92. The van der Waals surface area contributed by atoms with Crippen LogP contribution < -0.4 is 5.73 Å². The quantitative estimate of drug-likeness (QED) is 0.941. The molecule has 0 atom stereocenters. The molecule has 0 aromatic heterocycles. The molecule has 7 heteroatoms. The molecule has 0 bridgehead atoms. The van der Waals surface area contributed by atoms with E-state index in [4.69, 9.17) is 11.6 Å². The normalized spacial score (nSPS) is 11.3. The summed E-state index contributed by atoms with van der Waals surface area (Å²) in [6.07, 6.45) is 0. The van der Waals surface area contributed by atoms with E-state index in [2.05, 4.69) is 10.5 Å². The van der Waals surface area contributed by atoms with Gasteiger partial charge in [0.2, 0.25) is 0 Å². The van der Waals surface area contributed by atoms with Gasteiger partial charge in [-0.2, -0.15) is 0 Å². The van der Waals surface area contributed by atoms with Crippen LogP contribution in [0.25, 0.3) is 4.72 Å². The third kappa shape index (κ3) is 3.09. The van der Waals surface area contributed by atoms with Crippen molar-refractivity contribution in [3.05, 3.63) is 63.6 Å². The standard InChI is InChI=1S/C13H11ClFN2O2S/c14-11-3-1-2-4-13(11)17-20(18,19)10-5-6-12(15)9(7-10)8-16/h1-7H,8,16H2/q-1/p+1. The number of hydrogen-bond donors (Lipinski definition) is 1. The van der Waals surface area contributed by atoms with Gasteiger partial charge in [0.25, 0.3) is 0 Å². The number of nitrogens with zero attached hydrogens (tertiary/aromatic N) is 1. The summed E-state index contributed by atoms with van der Waals surface area (Å²) in [5, 5.41) is 0.232. The van der Waals surface area contributed by atoms with E-state index in [9.17, 15) is 12.8 Å². The summed E-state index contributed by atoms with van der Waals surface area (Å²) in [6, 6.07) is 9.84. The monoisotopic (exact) mass is 314 g/mol. The summed E-state index contributed by atoms with van der Waals surface area (Å²) in [7, 11) is -3.94. The molecular weight excluding hydrogens is 303 g/mol. The van der Waals surface area contributed by atoms with Gasteiger partial charge in [-0.15, -0.1) is 5.69 Å². The second-order valence-corrected chi connectivity index (χ2v) is 6.03. The average Bonchev–Trinajstić information content (AvgIpc) is 2.41. The minimum Gasteiger partial charge on any atom is -0.572 e. The molecule has 3 N–H and O–H groups in total. The number of hydrogen-bond acceptors (Lipinski definition) is 2. The van der Waals surface area contributed by atoms with Crippen molar-refractivity contribution in [2.24, 2.45) is 0 Å². The molecule has 0 saturated carbocycles. The van der Waals surface area contributed by atoms with Crippen molar-refractivity contribution in [1.82, 2.24) is 0 Å². The highest BCUT2D eigenvalue weighted by Crippen LogP contribution is 2.33. The van der Waals surface area contributed by atoms with Crippen LogP contribution in [-0.4, -0.2) is 8.42 Å². The van der Waals surface area contributed by atoms with Gasteiger partial charge in [0.15, 0.2) is 0 Å². The molecule has 0 amide bonds. The lowest BCUT2D eigenvalue weighted by atomic mass is 10.2. The molecular formula is C13H12ClFN2O2S. The predicted molar refractivity (Wildman–Crippen MR) is 74.6 cm³/mol. The Morgan fingerprint density at radius 3 is 2.55 bits per heavy atom. The molecule has 0 aliphatic carbocycles. The number of rotatable bonds is 4. The fourth-order valence-corrected chi connectivity index (χ4v) is 2.89. The second kappa shape index (κ2) is 5.78. The van der Waals surface area contributed by atoms with Gasteiger partial charge in [0.1, 0.15) is 22.4 Å². The maximum absolute atomic E-state index is 13.4. The van der Waals surface area contributed by atoms with Crippen molar-refractivity contribution < 1.29 is 18.5 Å². The number of benzene rings is 2. The highest BCUT2D eigenvalue weighted by molar-refractivity contribution is 7.94. The van der Waals surface area contributed by atoms with Gasteiger partial charge in [-0.1, -0.05) is 29.8 Å². The Labute approximate surface area is 121 Å². The first-order valence-corrected chi connectivity index (χ1v) is 7.56. The van der Waals surface area contributed by atoms with Crippen molar-refractivity contribution in [2.75, 3.05) is 0 Å². The topological polar surface area (TPSA) is 75.9 Å². The van der Waals surface area contributed by atoms with Crippen molar-refractivity contribution in [3.63, 3.8) is 0 Å². The summed E-state index contributed by atoms with van der Waals surface area (Å²) >= 11 is 5.87. The van der Waals surface area contributed by atoms with E-state index in [0.717, 1.165) is 6.07 Å². The molecule has 0 aliphatic heterocycles. The Hall–Kier alpha value is -1.63. The third-order valence-corrected chi connectivity index (χ3v) is 4.26. The van der Waals surface area contributed by atoms with Crippen molar-refractivity contribution >= 4 is 27.3 Å². The van der Waals surface area contributed by atoms with Crippen molar-refractivity contribution in [2.45, 2.75) is 11.4 Å². The van der Waals surface area contributed by atoms with Crippen LogP contribution in [0.15, 0.2) is 47.4 Å². The molecule has 2 aromatic carbocycles. The van der Waals surface area contributed by atoms with Crippen LogP contribution in [0.4, 0.5) is 10.1 Å². The lowest BCUT2D eigenvalue weighted by molar-refractivity contribution is -0.387. The van der Waals surface area contributed by atoms with Gasteiger partial charge in [-0.25, -0.2) is 12.8 Å². The Bertz CT molecular complexity index is 735. The number of halogens is 2. The molecule has 0 radical (unpaired) electrons. The Balaban J connectivity index is 2.38. The molecule has 20 heavy (non-hydrogen) atoms. The zero-order valence-corrected chi connectivity index (χ0v) is 12.0. The minimum absolute atomic E-state index is 0.0857. The molecule has 0 unspecified atom stereocenters. The minimum atomic E-state index is -3.94. The molecule has 4 nitrogen and oxygen atoms in total. The van der Waals surface area contributed by atoms with E-state index in [-0.39, 0.29) is 27.7 Å². The van der Waals surface area contributed by atoms with Crippen LogP contribution >= 0.6 is 11.6 Å². The summed E-state index contributed by atoms with van der Waals surface area (Å²) in [6.45, 7) is 0.154. The van der Waals surface area contributed by atoms with Gasteiger partial charge in [-0.3, -0.25) is 0 Å². The average molecular weight is 315 g/mol. The highest BCUT2D eigenvalue weighted by Gasteiger charge is 2.10. The van der Waals surface area contributed by atoms with Crippen molar-refractivity contribution in [1.29, 1.82) is 0 Å². The van der Waals surface area contributed by atoms with E-state index in [1.54, 1.807) is 18.2 Å². The van der Waals surface area contributed by atoms with Gasteiger partial charge in [0, 0.05) is 10.6 Å². The number of quaternary nitrogens is 1. The molecule has 0 spiro atoms. The zero-order chi connectivity index (χ0) is 14.8. The predicted octanol–water partition coefficient (Wildman–Crippen LogP) is 2.62. The summed E-state index contributed by atoms with van der Waals surface area (Å²) in [5.74, 6) is -0.489. The van der Waals surface area contributed by atoms with Gasteiger partial charge in [-0.05, 0) is 24.3 Å². The van der Waals surface area contributed by atoms with Crippen LogP contribution in [0.3, 0.4) is 0 Å². The van der Waals surface area contributed by atoms with Crippen LogP contribution in [0.1, 0.15) is 5.56 Å². The van der Waals surface area contributed by atoms with E-state index >= 15 is 0 Å². The number of sulfonamides is 1. The second-order valence-electron chi connectivity index (χ2n) is 4.02.